The second kappa shape index (κ2) is 7.17. The molecule has 0 fully saturated rings. The van der Waals surface area contributed by atoms with Gasteiger partial charge in [-0.15, -0.1) is 0 Å². The minimum absolute atomic E-state index is 0.0378. The number of hydrogen-bond donors (Lipinski definition) is 1. The number of benzene rings is 1. The van der Waals surface area contributed by atoms with E-state index < -0.39 is 5.78 Å². The van der Waals surface area contributed by atoms with Crippen molar-refractivity contribution in [3.63, 3.8) is 0 Å². The smallest absolute Gasteiger partial charge is 0.277 e. The zero-order valence-electron chi connectivity index (χ0n) is 13.3. The lowest BCUT2D eigenvalue weighted by atomic mass is 10.0. The topological polar surface area (TPSA) is 68.0 Å². The molecular weight excluding hydrogens is 363 g/mol. The summed E-state index contributed by atoms with van der Waals surface area (Å²) < 4.78 is 6.34. The number of furan rings is 1. The van der Waals surface area contributed by atoms with E-state index in [2.05, 4.69) is 5.10 Å². The highest BCUT2D eigenvalue weighted by atomic mass is 35.5. The third-order valence-corrected chi connectivity index (χ3v) is 4.49. The predicted octanol–water partition coefficient (Wildman–Crippen LogP) is 4.50. The molecule has 0 aliphatic rings. The molecule has 2 heterocycles. The van der Waals surface area contributed by atoms with Crippen LogP contribution in [-0.4, -0.2) is 15.6 Å². The molecule has 3 rings (SSSR count). The Morgan fingerprint density at radius 3 is 2.68 bits per heavy atom. The van der Waals surface area contributed by atoms with Crippen molar-refractivity contribution in [2.24, 2.45) is 0 Å². The maximum absolute atomic E-state index is 12.7. The van der Waals surface area contributed by atoms with Crippen molar-refractivity contribution in [2.75, 3.05) is 0 Å². The van der Waals surface area contributed by atoms with E-state index in [1.165, 1.54) is 16.9 Å². The molecule has 2 aromatic heterocycles. The van der Waals surface area contributed by atoms with Crippen LogP contribution in [0.15, 0.2) is 46.1 Å². The van der Waals surface area contributed by atoms with Crippen molar-refractivity contribution < 1.29 is 9.21 Å². The summed E-state index contributed by atoms with van der Waals surface area (Å²) in [5.74, 6) is -0.451. The van der Waals surface area contributed by atoms with E-state index in [0.29, 0.717) is 17.1 Å². The zero-order valence-corrected chi connectivity index (χ0v) is 14.8. The second-order valence-electron chi connectivity index (χ2n) is 5.28. The maximum Gasteiger partial charge on any atom is 0.277 e. The van der Waals surface area contributed by atoms with Gasteiger partial charge in [-0.2, -0.15) is 0 Å². The highest BCUT2D eigenvalue weighted by Crippen LogP contribution is 2.31. The number of nitrogens with one attached hydrogen (secondary N) is 1. The van der Waals surface area contributed by atoms with Crippen LogP contribution in [0.3, 0.4) is 0 Å². The van der Waals surface area contributed by atoms with Crippen LogP contribution in [0.2, 0.25) is 10.0 Å². The lowest BCUT2D eigenvalue weighted by Crippen LogP contribution is -2.21. The van der Waals surface area contributed by atoms with Crippen LogP contribution in [0.5, 0.6) is 0 Å². The van der Waals surface area contributed by atoms with E-state index in [0.717, 1.165) is 5.56 Å². The standard InChI is InChI=1S/C18H14Cl2N2O3/c1-2-22-18(24)14(9-21-22)17(23)13-5-6-15(19)12(16(13)20)4-3-11-7-8-25-10-11/h3-10,21H,2H2,1H3/b4-3+. The lowest BCUT2D eigenvalue weighted by Gasteiger charge is -2.07. The Morgan fingerprint density at radius 2 is 2.04 bits per heavy atom. The molecular formula is C18H14Cl2N2O3. The highest BCUT2D eigenvalue weighted by Gasteiger charge is 2.20. The number of rotatable bonds is 5. The Morgan fingerprint density at radius 1 is 1.24 bits per heavy atom. The normalized spacial score (nSPS) is 11.3. The van der Waals surface area contributed by atoms with E-state index in [1.54, 1.807) is 43.7 Å². The Hall–Kier alpha value is -2.50. The average Bonchev–Trinajstić information content (AvgIpc) is 3.23. The Labute approximate surface area is 153 Å². The molecule has 25 heavy (non-hydrogen) atoms. The van der Waals surface area contributed by atoms with E-state index in [-0.39, 0.29) is 21.7 Å². The third kappa shape index (κ3) is 3.34. The molecule has 0 atom stereocenters. The molecule has 0 aliphatic carbocycles. The molecule has 5 nitrogen and oxygen atoms in total. The van der Waals surface area contributed by atoms with Crippen LogP contribution < -0.4 is 5.56 Å². The molecule has 0 saturated carbocycles. The molecule has 0 radical (unpaired) electrons. The van der Waals surface area contributed by atoms with E-state index in [1.807, 2.05) is 0 Å². The molecule has 128 valence electrons. The van der Waals surface area contributed by atoms with Crippen LogP contribution in [0, 0.1) is 0 Å². The SMILES string of the molecule is CCn1[nH]cc(C(=O)c2ccc(Cl)c(/C=C/c3ccoc3)c2Cl)c1=O. The maximum atomic E-state index is 12.7. The fraction of sp³-hybridized carbons (Fsp3) is 0.111. The van der Waals surface area contributed by atoms with Crippen molar-refractivity contribution in [2.45, 2.75) is 13.5 Å². The first-order valence-electron chi connectivity index (χ1n) is 7.54. The van der Waals surface area contributed by atoms with Gasteiger partial charge >= 0.3 is 0 Å². The molecule has 0 spiro atoms. The van der Waals surface area contributed by atoms with Gasteiger partial charge in [-0.25, -0.2) is 0 Å². The van der Waals surface area contributed by atoms with Crippen molar-refractivity contribution in [3.8, 4) is 0 Å². The molecule has 0 unspecified atom stereocenters. The molecule has 0 amide bonds. The number of H-pyrrole nitrogens is 1. The van der Waals surface area contributed by atoms with Gasteiger partial charge in [0.15, 0.2) is 0 Å². The monoisotopic (exact) mass is 376 g/mol. The van der Waals surface area contributed by atoms with Crippen LogP contribution in [0.4, 0.5) is 0 Å². The first-order valence-corrected chi connectivity index (χ1v) is 8.29. The second-order valence-corrected chi connectivity index (χ2v) is 6.06. The largest absolute Gasteiger partial charge is 0.472 e. The molecule has 0 aliphatic heterocycles. The van der Waals surface area contributed by atoms with Gasteiger partial charge in [0.2, 0.25) is 5.78 Å². The summed E-state index contributed by atoms with van der Waals surface area (Å²) >= 11 is 12.6. The Balaban J connectivity index is 2.02. The number of aromatic amines is 1. The number of nitrogens with zero attached hydrogens (tertiary/aromatic N) is 1. The zero-order chi connectivity index (χ0) is 18.0. The first kappa shape index (κ1) is 17.3. The number of ketones is 1. The average molecular weight is 377 g/mol. The van der Waals surface area contributed by atoms with Gasteiger partial charge in [0, 0.05) is 34.5 Å². The highest BCUT2D eigenvalue weighted by molar-refractivity contribution is 6.40. The molecule has 1 N–H and O–H groups in total. The number of aromatic nitrogens is 2. The van der Waals surface area contributed by atoms with Crippen molar-refractivity contribution >= 4 is 41.1 Å². The van der Waals surface area contributed by atoms with Gasteiger partial charge in [0.1, 0.15) is 5.56 Å². The van der Waals surface area contributed by atoms with E-state index >= 15 is 0 Å². The van der Waals surface area contributed by atoms with Gasteiger partial charge in [-0.05, 0) is 25.1 Å². The van der Waals surface area contributed by atoms with Crippen molar-refractivity contribution in [1.29, 1.82) is 0 Å². The van der Waals surface area contributed by atoms with Gasteiger partial charge in [0.05, 0.1) is 17.5 Å². The fourth-order valence-electron chi connectivity index (χ4n) is 2.40. The minimum atomic E-state index is -0.451. The number of carbonyl (C=O) groups excluding carboxylic acids is 1. The van der Waals surface area contributed by atoms with Crippen molar-refractivity contribution in [3.05, 3.63) is 79.6 Å². The summed E-state index contributed by atoms with van der Waals surface area (Å²) in [6.45, 7) is 2.25. The van der Waals surface area contributed by atoms with Crippen LogP contribution in [-0.2, 0) is 6.54 Å². The quantitative estimate of drug-likeness (QED) is 0.666. The predicted molar refractivity (Wildman–Crippen MR) is 98.3 cm³/mol. The van der Waals surface area contributed by atoms with E-state index in [9.17, 15) is 9.59 Å². The van der Waals surface area contributed by atoms with Gasteiger partial charge < -0.3 is 9.52 Å². The number of aryl methyl sites for hydroxylation is 1. The number of halogens is 2. The summed E-state index contributed by atoms with van der Waals surface area (Å²) in [6.07, 6.45) is 7.98. The van der Waals surface area contributed by atoms with Crippen LogP contribution >= 0.6 is 23.2 Å². The van der Waals surface area contributed by atoms with Crippen LogP contribution in [0.25, 0.3) is 12.2 Å². The first-order chi connectivity index (χ1) is 12.0. The minimum Gasteiger partial charge on any atom is -0.472 e. The molecule has 0 saturated heterocycles. The summed E-state index contributed by atoms with van der Waals surface area (Å²) in [7, 11) is 0. The fourth-order valence-corrected chi connectivity index (χ4v) is 2.98. The van der Waals surface area contributed by atoms with E-state index in [4.69, 9.17) is 27.6 Å². The van der Waals surface area contributed by atoms with Gasteiger partial charge in [-0.3, -0.25) is 14.3 Å². The summed E-state index contributed by atoms with van der Waals surface area (Å²) in [5.41, 5.74) is 1.21. The Bertz CT molecular complexity index is 998. The van der Waals surface area contributed by atoms with Gasteiger partial charge in [0.25, 0.3) is 5.56 Å². The molecule has 0 bridgehead atoms. The lowest BCUT2D eigenvalue weighted by molar-refractivity contribution is 0.103. The molecule has 3 aromatic rings. The number of hydrogen-bond acceptors (Lipinski definition) is 3. The number of carbonyl (C=O) groups is 1. The van der Waals surface area contributed by atoms with Crippen LogP contribution in [0.1, 0.15) is 34.0 Å². The summed E-state index contributed by atoms with van der Waals surface area (Å²) in [4.78, 5) is 24.9. The van der Waals surface area contributed by atoms with Crippen molar-refractivity contribution in [1.82, 2.24) is 9.78 Å². The third-order valence-electron chi connectivity index (χ3n) is 3.76. The molecule has 1 aromatic carbocycles. The summed E-state index contributed by atoms with van der Waals surface area (Å²) in [6, 6.07) is 4.88. The Kier molecular flexibility index (Phi) is 4.97. The summed E-state index contributed by atoms with van der Waals surface area (Å²) in [5, 5.41) is 3.35. The molecule has 7 heteroatoms. The van der Waals surface area contributed by atoms with Gasteiger partial charge in [-0.1, -0.05) is 35.4 Å².